The van der Waals surface area contributed by atoms with Crippen molar-refractivity contribution in [3.05, 3.63) is 41.9 Å². The first-order valence-electron chi connectivity index (χ1n) is 5.57. The first kappa shape index (κ1) is 13.3. The highest BCUT2D eigenvalue weighted by Crippen LogP contribution is 2.19. The summed E-state index contributed by atoms with van der Waals surface area (Å²) < 4.78 is 26.8. The molecule has 0 atom stereocenters. The number of hydrogen-bond donors (Lipinski definition) is 2. The number of nitrogens with zero attached hydrogens (tertiary/aromatic N) is 2. The second kappa shape index (κ2) is 4.85. The Morgan fingerprint density at radius 1 is 1.21 bits per heavy atom. The lowest BCUT2D eigenvalue weighted by Crippen LogP contribution is -2.14. The Morgan fingerprint density at radius 3 is 2.58 bits per heavy atom. The van der Waals surface area contributed by atoms with Gasteiger partial charge < -0.3 is 5.73 Å². The average Bonchev–Trinajstić information content (AvgIpc) is 2.33. The third-order valence-electron chi connectivity index (χ3n) is 2.53. The average molecular weight is 278 g/mol. The molecule has 19 heavy (non-hydrogen) atoms. The van der Waals surface area contributed by atoms with E-state index in [1.807, 2.05) is 6.92 Å². The molecular formula is C12H14N4O2S. The fraction of sp³-hybridized carbons (Fsp3) is 0.167. The van der Waals surface area contributed by atoms with E-state index >= 15 is 0 Å². The SMILES string of the molecule is Cc1ccc(NS(=O)(=O)c2ccnc(N)c2)c(C)n1. The smallest absolute Gasteiger partial charge is 0.262 e. The summed E-state index contributed by atoms with van der Waals surface area (Å²) in [6.45, 7) is 3.58. The number of hydrogen-bond acceptors (Lipinski definition) is 5. The van der Waals surface area contributed by atoms with E-state index in [0.29, 0.717) is 11.4 Å². The lowest BCUT2D eigenvalue weighted by Gasteiger charge is -2.10. The Bertz CT molecular complexity index is 713. The quantitative estimate of drug-likeness (QED) is 0.886. The molecule has 0 radical (unpaired) electrons. The number of nitrogen functional groups attached to an aromatic ring is 1. The van der Waals surface area contributed by atoms with Crippen LogP contribution < -0.4 is 10.5 Å². The molecule has 2 aromatic rings. The van der Waals surface area contributed by atoms with Gasteiger partial charge in [0, 0.05) is 18.0 Å². The Balaban J connectivity index is 2.36. The van der Waals surface area contributed by atoms with Crippen molar-refractivity contribution in [3.63, 3.8) is 0 Å². The molecule has 2 heterocycles. The third kappa shape index (κ3) is 3.00. The summed E-state index contributed by atoms with van der Waals surface area (Å²) in [5, 5.41) is 0. The first-order valence-corrected chi connectivity index (χ1v) is 7.05. The van der Waals surface area contributed by atoms with Crippen LogP contribution >= 0.6 is 0 Å². The number of nitrogens with two attached hydrogens (primary N) is 1. The summed E-state index contributed by atoms with van der Waals surface area (Å²) in [4.78, 5) is 8.04. The zero-order valence-corrected chi connectivity index (χ0v) is 11.4. The predicted octanol–water partition coefficient (Wildman–Crippen LogP) is 1.48. The van der Waals surface area contributed by atoms with Gasteiger partial charge in [-0.2, -0.15) is 0 Å². The fourth-order valence-corrected chi connectivity index (χ4v) is 2.73. The van der Waals surface area contributed by atoms with Crippen LogP contribution in [0.15, 0.2) is 35.4 Å². The van der Waals surface area contributed by atoms with Gasteiger partial charge in [0.1, 0.15) is 5.82 Å². The molecule has 0 spiro atoms. The highest BCUT2D eigenvalue weighted by Gasteiger charge is 2.16. The van der Waals surface area contributed by atoms with E-state index in [0.717, 1.165) is 5.69 Å². The highest BCUT2D eigenvalue weighted by molar-refractivity contribution is 7.92. The van der Waals surface area contributed by atoms with Gasteiger partial charge in [-0.25, -0.2) is 13.4 Å². The first-order chi connectivity index (χ1) is 8.88. The molecule has 0 saturated heterocycles. The largest absolute Gasteiger partial charge is 0.384 e. The maximum Gasteiger partial charge on any atom is 0.262 e. The van der Waals surface area contributed by atoms with E-state index in [-0.39, 0.29) is 10.7 Å². The lowest BCUT2D eigenvalue weighted by molar-refractivity contribution is 0.601. The van der Waals surface area contributed by atoms with Crippen LogP contribution in [0, 0.1) is 13.8 Å². The summed E-state index contributed by atoms with van der Waals surface area (Å²) in [5.41, 5.74) is 7.37. The number of nitrogens with one attached hydrogen (secondary N) is 1. The molecule has 0 fully saturated rings. The minimum atomic E-state index is -3.68. The van der Waals surface area contributed by atoms with Crippen LogP contribution in [0.4, 0.5) is 11.5 Å². The zero-order valence-electron chi connectivity index (χ0n) is 10.6. The predicted molar refractivity (Wildman–Crippen MR) is 73.2 cm³/mol. The lowest BCUT2D eigenvalue weighted by atomic mass is 10.3. The summed E-state index contributed by atoms with van der Waals surface area (Å²) >= 11 is 0. The second-order valence-corrected chi connectivity index (χ2v) is 5.79. The molecule has 100 valence electrons. The fourth-order valence-electron chi connectivity index (χ4n) is 1.59. The summed E-state index contributed by atoms with van der Waals surface area (Å²) in [5.74, 6) is 0.154. The Hall–Kier alpha value is -2.15. The van der Waals surface area contributed by atoms with Crippen LogP contribution in [0.1, 0.15) is 11.4 Å². The molecule has 2 rings (SSSR count). The Kier molecular flexibility index (Phi) is 3.39. The van der Waals surface area contributed by atoms with Crippen LogP contribution in [0.2, 0.25) is 0 Å². The van der Waals surface area contributed by atoms with Gasteiger partial charge >= 0.3 is 0 Å². The van der Waals surface area contributed by atoms with Gasteiger partial charge in [0.2, 0.25) is 0 Å². The molecule has 2 aromatic heterocycles. The third-order valence-corrected chi connectivity index (χ3v) is 3.90. The maximum atomic E-state index is 12.2. The maximum absolute atomic E-state index is 12.2. The van der Waals surface area contributed by atoms with Crippen LogP contribution in [0.5, 0.6) is 0 Å². The van der Waals surface area contributed by atoms with E-state index < -0.39 is 10.0 Å². The molecule has 0 aromatic carbocycles. The number of pyridine rings is 2. The molecular weight excluding hydrogens is 264 g/mol. The van der Waals surface area contributed by atoms with Gasteiger partial charge in [-0.3, -0.25) is 9.71 Å². The molecule has 0 aliphatic carbocycles. The molecule has 0 aliphatic heterocycles. The normalized spacial score (nSPS) is 11.3. The van der Waals surface area contributed by atoms with Gasteiger partial charge in [0.15, 0.2) is 0 Å². The van der Waals surface area contributed by atoms with Crippen molar-refractivity contribution in [2.75, 3.05) is 10.5 Å². The highest BCUT2D eigenvalue weighted by atomic mass is 32.2. The molecule has 0 amide bonds. The van der Waals surface area contributed by atoms with Gasteiger partial charge in [0.05, 0.1) is 16.3 Å². The summed E-state index contributed by atoms with van der Waals surface area (Å²) in [7, 11) is -3.68. The monoisotopic (exact) mass is 278 g/mol. The molecule has 0 unspecified atom stereocenters. The summed E-state index contributed by atoms with van der Waals surface area (Å²) in [6.07, 6.45) is 1.35. The van der Waals surface area contributed by atoms with Crippen molar-refractivity contribution >= 4 is 21.5 Å². The van der Waals surface area contributed by atoms with E-state index in [1.54, 1.807) is 19.1 Å². The Labute approximate surface area is 111 Å². The minimum absolute atomic E-state index is 0.0694. The van der Waals surface area contributed by atoms with Crippen LogP contribution in [0.25, 0.3) is 0 Å². The molecule has 0 bridgehead atoms. The number of anilines is 2. The van der Waals surface area contributed by atoms with E-state index in [2.05, 4.69) is 14.7 Å². The van der Waals surface area contributed by atoms with E-state index in [1.165, 1.54) is 18.3 Å². The van der Waals surface area contributed by atoms with Crippen LogP contribution in [-0.4, -0.2) is 18.4 Å². The molecule has 0 aliphatic rings. The number of rotatable bonds is 3. The van der Waals surface area contributed by atoms with Crippen LogP contribution in [0.3, 0.4) is 0 Å². The molecule has 0 saturated carbocycles. The van der Waals surface area contributed by atoms with Crippen LogP contribution in [-0.2, 0) is 10.0 Å². The van der Waals surface area contributed by atoms with E-state index in [4.69, 9.17) is 5.73 Å². The summed E-state index contributed by atoms with van der Waals surface area (Å²) in [6, 6.07) is 6.11. The van der Waals surface area contributed by atoms with Gasteiger partial charge in [0.25, 0.3) is 10.0 Å². The van der Waals surface area contributed by atoms with Crippen molar-refractivity contribution in [1.82, 2.24) is 9.97 Å². The van der Waals surface area contributed by atoms with Gasteiger partial charge in [-0.15, -0.1) is 0 Å². The second-order valence-electron chi connectivity index (χ2n) is 4.11. The Morgan fingerprint density at radius 2 is 1.95 bits per heavy atom. The van der Waals surface area contributed by atoms with Crippen molar-refractivity contribution in [2.45, 2.75) is 18.7 Å². The topological polar surface area (TPSA) is 98.0 Å². The molecule has 6 nitrogen and oxygen atoms in total. The van der Waals surface area contributed by atoms with Gasteiger partial charge in [-0.05, 0) is 32.0 Å². The number of aryl methyl sites for hydroxylation is 2. The van der Waals surface area contributed by atoms with Crippen molar-refractivity contribution in [2.24, 2.45) is 0 Å². The number of sulfonamides is 1. The van der Waals surface area contributed by atoms with Crippen molar-refractivity contribution in [1.29, 1.82) is 0 Å². The van der Waals surface area contributed by atoms with Crippen molar-refractivity contribution < 1.29 is 8.42 Å². The molecule has 3 N–H and O–H groups in total. The standard InChI is InChI=1S/C12H14N4O2S/c1-8-3-4-11(9(2)15-8)16-19(17,18)10-5-6-14-12(13)7-10/h3-7,16H,1-2H3,(H2,13,14). The minimum Gasteiger partial charge on any atom is -0.384 e. The van der Waals surface area contributed by atoms with Crippen molar-refractivity contribution in [3.8, 4) is 0 Å². The zero-order chi connectivity index (χ0) is 14.0. The van der Waals surface area contributed by atoms with E-state index in [9.17, 15) is 8.42 Å². The van der Waals surface area contributed by atoms with Gasteiger partial charge in [-0.1, -0.05) is 0 Å². The number of aromatic nitrogens is 2. The molecule has 7 heteroatoms.